The van der Waals surface area contributed by atoms with Crippen LogP contribution in [-0.4, -0.2) is 0 Å². The normalized spacial score (nSPS) is 10.5. The zero-order valence-electron chi connectivity index (χ0n) is 16.3. The fourth-order valence-electron chi connectivity index (χ4n) is 3.09. The van der Waals surface area contributed by atoms with E-state index in [9.17, 15) is 0 Å². The summed E-state index contributed by atoms with van der Waals surface area (Å²) < 4.78 is 12.8. The Morgan fingerprint density at radius 2 is 1.29 bits per heavy atom. The van der Waals surface area contributed by atoms with Gasteiger partial charge in [0.1, 0.15) is 11.5 Å². The van der Waals surface area contributed by atoms with Crippen LogP contribution in [0.15, 0.2) is 98.1 Å². The second kappa shape index (κ2) is 9.61. The van der Waals surface area contributed by atoms with Gasteiger partial charge in [-0.3, -0.25) is 0 Å². The molecule has 3 aromatic rings. The number of hydrogen-bond donors (Lipinski definition) is 0. The monoisotopic (exact) mass is 370 g/mol. The first-order chi connectivity index (χ1) is 13.7. The van der Waals surface area contributed by atoms with E-state index in [1.807, 2.05) is 60.7 Å². The largest absolute Gasteiger partial charge is 0.450 e. The predicted molar refractivity (Wildman–Crippen MR) is 116 cm³/mol. The third kappa shape index (κ3) is 4.92. The van der Waals surface area contributed by atoms with Crippen molar-refractivity contribution in [1.82, 2.24) is 0 Å². The van der Waals surface area contributed by atoms with Crippen LogP contribution in [0.3, 0.4) is 0 Å². The number of ether oxygens (including phenoxy) is 2. The number of para-hydroxylation sites is 2. The molecule has 0 radical (unpaired) electrons. The first kappa shape index (κ1) is 19.5. The van der Waals surface area contributed by atoms with Crippen molar-refractivity contribution in [2.45, 2.75) is 26.1 Å². The molecule has 3 aromatic carbocycles. The Labute approximate surface area is 167 Å². The summed E-state index contributed by atoms with van der Waals surface area (Å²) in [5, 5.41) is 0. The molecule has 0 saturated carbocycles. The second-order valence-corrected chi connectivity index (χ2v) is 6.68. The van der Waals surface area contributed by atoms with E-state index in [2.05, 4.69) is 44.3 Å². The van der Waals surface area contributed by atoms with Crippen LogP contribution in [0.25, 0.3) is 0 Å². The summed E-state index contributed by atoms with van der Waals surface area (Å²) in [6, 6.07) is 24.2. The Hall–Kier alpha value is -3.26. The molecular weight excluding hydrogens is 344 g/mol. The van der Waals surface area contributed by atoms with Crippen molar-refractivity contribution in [3.63, 3.8) is 0 Å². The minimum Gasteiger partial charge on any atom is -0.450 e. The second-order valence-electron chi connectivity index (χ2n) is 6.68. The molecular formula is C26H26O2. The van der Waals surface area contributed by atoms with Crippen LogP contribution in [0, 0.1) is 6.92 Å². The van der Waals surface area contributed by atoms with Crippen molar-refractivity contribution in [2.24, 2.45) is 0 Å². The topological polar surface area (TPSA) is 18.5 Å². The van der Waals surface area contributed by atoms with E-state index < -0.39 is 6.29 Å². The summed E-state index contributed by atoms with van der Waals surface area (Å²) in [5.41, 5.74) is 4.30. The fraction of sp³-hybridized carbons (Fsp3) is 0.154. The molecule has 0 aliphatic rings. The molecule has 0 bridgehead atoms. The minimum absolute atomic E-state index is 0.558. The van der Waals surface area contributed by atoms with E-state index in [1.165, 1.54) is 0 Å². The third-order valence-corrected chi connectivity index (χ3v) is 4.46. The minimum atomic E-state index is -0.558. The number of aryl methyl sites for hydroxylation is 1. The average Bonchev–Trinajstić information content (AvgIpc) is 2.70. The van der Waals surface area contributed by atoms with Crippen molar-refractivity contribution < 1.29 is 9.47 Å². The first-order valence-corrected chi connectivity index (χ1v) is 9.48. The van der Waals surface area contributed by atoms with Crippen LogP contribution in [0.5, 0.6) is 11.5 Å². The van der Waals surface area contributed by atoms with Gasteiger partial charge < -0.3 is 9.47 Å². The third-order valence-electron chi connectivity index (χ3n) is 4.46. The standard InChI is InChI=1S/C26H26O2/c1-4-11-21-14-6-8-17-24(21)27-26(23-16-10-13-20(3)19-23)28-25-18-9-7-15-22(25)12-5-2/h4-10,13-19,26H,1-2,11-12H2,3H3. The van der Waals surface area contributed by atoms with Crippen LogP contribution >= 0.6 is 0 Å². The highest BCUT2D eigenvalue weighted by Gasteiger charge is 2.18. The van der Waals surface area contributed by atoms with E-state index in [0.29, 0.717) is 0 Å². The number of rotatable bonds is 9. The smallest absolute Gasteiger partial charge is 0.267 e. The van der Waals surface area contributed by atoms with Gasteiger partial charge in [0.2, 0.25) is 0 Å². The van der Waals surface area contributed by atoms with Gasteiger partial charge in [-0.2, -0.15) is 0 Å². The van der Waals surface area contributed by atoms with Gasteiger partial charge in [0.15, 0.2) is 0 Å². The molecule has 0 unspecified atom stereocenters. The summed E-state index contributed by atoms with van der Waals surface area (Å²) in [4.78, 5) is 0. The Morgan fingerprint density at radius 1 is 0.750 bits per heavy atom. The average molecular weight is 370 g/mol. The van der Waals surface area contributed by atoms with Crippen LogP contribution in [0.4, 0.5) is 0 Å². The lowest BCUT2D eigenvalue weighted by Gasteiger charge is -2.23. The Morgan fingerprint density at radius 3 is 1.79 bits per heavy atom. The van der Waals surface area contributed by atoms with Crippen LogP contribution in [-0.2, 0) is 12.8 Å². The maximum atomic E-state index is 6.38. The quantitative estimate of drug-likeness (QED) is 0.312. The highest BCUT2D eigenvalue weighted by molar-refractivity contribution is 5.38. The summed E-state index contributed by atoms with van der Waals surface area (Å²) in [6.07, 6.45) is 4.68. The summed E-state index contributed by atoms with van der Waals surface area (Å²) >= 11 is 0. The highest BCUT2D eigenvalue weighted by atomic mass is 16.7. The van der Waals surface area contributed by atoms with Crippen molar-refractivity contribution in [1.29, 1.82) is 0 Å². The molecule has 0 aliphatic carbocycles. The van der Waals surface area contributed by atoms with E-state index in [1.54, 1.807) is 0 Å². The molecule has 2 heteroatoms. The van der Waals surface area contributed by atoms with Crippen LogP contribution in [0.1, 0.15) is 28.5 Å². The van der Waals surface area contributed by atoms with E-state index in [4.69, 9.17) is 9.47 Å². The molecule has 0 N–H and O–H groups in total. The summed E-state index contributed by atoms with van der Waals surface area (Å²) in [7, 11) is 0. The molecule has 142 valence electrons. The maximum Gasteiger partial charge on any atom is 0.267 e. The van der Waals surface area contributed by atoms with Gasteiger partial charge >= 0.3 is 0 Å². The first-order valence-electron chi connectivity index (χ1n) is 9.48. The molecule has 3 rings (SSSR count). The van der Waals surface area contributed by atoms with Crippen molar-refractivity contribution in [3.8, 4) is 11.5 Å². The Balaban J connectivity index is 1.97. The fourth-order valence-corrected chi connectivity index (χ4v) is 3.09. The lowest BCUT2D eigenvalue weighted by Crippen LogP contribution is -2.16. The Bertz CT molecular complexity index is 887. The SMILES string of the molecule is C=CCc1ccccc1OC(Oc1ccccc1CC=C)c1cccc(C)c1. The van der Waals surface area contributed by atoms with Crippen molar-refractivity contribution in [3.05, 3.63) is 120 Å². The summed E-state index contributed by atoms with van der Waals surface area (Å²) in [5.74, 6) is 1.60. The molecule has 0 heterocycles. The van der Waals surface area contributed by atoms with Gasteiger partial charge in [0.05, 0.1) is 0 Å². The van der Waals surface area contributed by atoms with Crippen LogP contribution in [0.2, 0.25) is 0 Å². The van der Waals surface area contributed by atoms with E-state index in [0.717, 1.165) is 46.6 Å². The lowest BCUT2D eigenvalue weighted by molar-refractivity contribution is 0.00250. The number of allylic oxidation sites excluding steroid dienone is 2. The molecule has 0 aromatic heterocycles. The Kier molecular flexibility index (Phi) is 6.69. The zero-order valence-corrected chi connectivity index (χ0v) is 16.3. The van der Waals surface area contributed by atoms with Gasteiger partial charge in [-0.25, -0.2) is 0 Å². The van der Waals surface area contributed by atoms with Gasteiger partial charge in [-0.1, -0.05) is 72.3 Å². The lowest BCUT2D eigenvalue weighted by atomic mass is 10.1. The van der Waals surface area contributed by atoms with Gasteiger partial charge in [0.25, 0.3) is 6.29 Å². The molecule has 0 amide bonds. The number of hydrogen-bond acceptors (Lipinski definition) is 2. The molecule has 28 heavy (non-hydrogen) atoms. The maximum absolute atomic E-state index is 6.38. The van der Waals surface area contributed by atoms with Crippen molar-refractivity contribution >= 4 is 0 Å². The van der Waals surface area contributed by atoms with E-state index in [-0.39, 0.29) is 0 Å². The van der Waals surface area contributed by atoms with Gasteiger partial charge in [0, 0.05) is 5.56 Å². The molecule has 0 spiro atoms. The zero-order chi connectivity index (χ0) is 19.8. The van der Waals surface area contributed by atoms with Crippen molar-refractivity contribution in [2.75, 3.05) is 0 Å². The molecule has 0 atom stereocenters. The van der Waals surface area contributed by atoms with E-state index >= 15 is 0 Å². The number of benzene rings is 3. The highest BCUT2D eigenvalue weighted by Crippen LogP contribution is 2.30. The molecule has 2 nitrogen and oxygen atoms in total. The molecule has 0 fully saturated rings. The van der Waals surface area contributed by atoms with Crippen LogP contribution < -0.4 is 9.47 Å². The van der Waals surface area contributed by atoms with Gasteiger partial charge in [-0.15, -0.1) is 13.2 Å². The molecule has 0 aliphatic heterocycles. The summed E-state index contributed by atoms with van der Waals surface area (Å²) in [6.45, 7) is 9.77. The van der Waals surface area contributed by atoms with Gasteiger partial charge in [-0.05, 0) is 49.1 Å². The predicted octanol–water partition coefficient (Wildman–Crippen LogP) is 6.61. The molecule has 0 saturated heterocycles.